The van der Waals surface area contributed by atoms with E-state index in [1.54, 1.807) is 18.9 Å². The summed E-state index contributed by atoms with van der Waals surface area (Å²) in [5.74, 6) is 1.53. The highest BCUT2D eigenvalue weighted by molar-refractivity contribution is 5.95. The van der Waals surface area contributed by atoms with Crippen LogP contribution in [0, 0.1) is 20.8 Å². The molecule has 2 heterocycles. The highest BCUT2D eigenvalue weighted by atomic mass is 16.5. The van der Waals surface area contributed by atoms with E-state index in [1.165, 1.54) is 11.1 Å². The molecule has 1 atom stereocenters. The van der Waals surface area contributed by atoms with Crippen molar-refractivity contribution >= 4 is 11.6 Å². The number of anilines is 1. The number of methoxy groups -OCH3 is 2. The third-order valence-corrected chi connectivity index (χ3v) is 6.33. The van der Waals surface area contributed by atoms with E-state index in [9.17, 15) is 4.79 Å². The van der Waals surface area contributed by atoms with Gasteiger partial charge in [-0.25, -0.2) is 0 Å². The van der Waals surface area contributed by atoms with E-state index < -0.39 is 0 Å². The molecule has 1 aromatic heterocycles. The predicted octanol–water partition coefficient (Wildman–Crippen LogP) is 2.51. The molecule has 8 heteroatoms. The molecule has 0 unspecified atom stereocenters. The molecule has 0 spiro atoms. The number of carbonyl (C=O) groups is 1. The molecule has 1 aromatic carbocycles. The second-order valence-corrected chi connectivity index (χ2v) is 8.28. The predicted molar refractivity (Wildman–Crippen MR) is 122 cm³/mol. The maximum Gasteiger partial charge on any atom is 0.241 e. The summed E-state index contributed by atoms with van der Waals surface area (Å²) in [6, 6.07) is 3.90. The fraction of sp³-hybridized carbons (Fsp3) is 0.565. The van der Waals surface area contributed by atoms with Gasteiger partial charge in [0.15, 0.2) is 11.5 Å². The molecule has 170 valence electrons. The number of nitrogens with zero attached hydrogens (tertiary/aromatic N) is 4. The number of amides is 1. The Morgan fingerprint density at radius 1 is 1.10 bits per heavy atom. The summed E-state index contributed by atoms with van der Waals surface area (Å²) in [6.07, 6.45) is 0. The van der Waals surface area contributed by atoms with Crippen molar-refractivity contribution in [1.29, 1.82) is 0 Å². The average Bonchev–Trinajstić information content (AvgIpc) is 3.00. The Bertz CT molecular complexity index is 932. The van der Waals surface area contributed by atoms with Gasteiger partial charge in [-0.15, -0.1) is 0 Å². The Hall–Kier alpha value is -2.58. The summed E-state index contributed by atoms with van der Waals surface area (Å²) in [5.41, 5.74) is 5.06. The number of ether oxygens (including phenoxy) is 2. The molecular weight excluding hydrogens is 394 g/mol. The molecule has 1 N–H and O–H groups in total. The first-order valence-electron chi connectivity index (χ1n) is 10.7. The van der Waals surface area contributed by atoms with Crippen molar-refractivity contribution < 1.29 is 14.3 Å². The molecular formula is C23H35N5O3. The van der Waals surface area contributed by atoms with E-state index in [1.807, 2.05) is 33.9 Å². The van der Waals surface area contributed by atoms with Crippen LogP contribution in [0.25, 0.3) is 0 Å². The lowest BCUT2D eigenvalue weighted by Gasteiger charge is -2.37. The van der Waals surface area contributed by atoms with Gasteiger partial charge >= 0.3 is 0 Å². The van der Waals surface area contributed by atoms with Crippen LogP contribution in [0.4, 0.5) is 5.69 Å². The standard InChI is InChI=1S/C23H35N5O3/c1-15-12-20(30-6)21(31-7)13-19(15)14-27-8-10-28(11-9-27)18(4)23(29)24-22-16(2)25-26(5)17(22)3/h12-13,18H,8-11,14H2,1-7H3,(H,24,29)/t18-/m1/s1. The third-order valence-electron chi connectivity index (χ3n) is 6.33. The maximum atomic E-state index is 12.8. The summed E-state index contributed by atoms with van der Waals surface area (Å²) in [5, 5.41) is 7.46. The topological polar surface area (TPSA) is 71.9 Å². The monoisotopic (exact) mass is 429 g/mol. The molecule has 0 bridgehead atoms. The molecule has 1 fully saturated rings. The number of aromatic nitrogens is 2. The van der Waals surface area contributed by atoms with E-state index in [-0.39, 0.29) is 11.9 Å². The first kappa shape index (κ1) is 23.1. The summed E-state index contributed by atoms with van der Waals surface area (Å²) in [4.78, 5) is 17.5. The van der Waals surface area contributed by atoms with Crippen molar-refractivity contribution in [3.63, 3.8) is 0 Å². The van der Waals surface area contributed by atoms with Gasteiger partial charge < -0.3 is 14.8 Å². The molecule has 1 aliphatic heterocycles. The number of aryl methyl sites for hydroxylation is 3. The molecule has 0 aliphatic carbocycles. The van der Waals surface area contributed by atoms with Crippen LogP contribution in [0.2, 0.25) is 0 Å². The molecule has 8 nitrogen and oxygen atoms in total. The minimum atomic E-state index is -0.191. The molecule has 3 rings (SSSR count). The highest BCUT2D eigenvalue weighted by Gasteiger charge is 2.27. The van der Waals surface area contributed by atoms with Gasteiger partial charge in [-0.3, -0.25) is 19.3 Å². The van der Waals surface area contributed by atoms with Gasteiger partial charge in [-0.05, 0) is 51.0 Å². The summed E-state index contributed by atoms with van der Waals surface area (Å²) in [6.45, 7) is 12.4. The minimum absolute atomic E-state index is 0.0170. The van der Waals surface area contributed by atoms with Crippen LogP contribution in [0.1, 0.15) is 29.4 Å². The fourth-order valence-electron chi connectivity index (χ4n) is 4.09. The normalized spacial score (nSPS) is 16.2. The van der Waals surface area contributed by atoms with Crippen molar-refractivity contribution in [2.75, 3.05) is 45.7 Å². The highest BCUT2D eigenvalue weighted by Crippen LogP contribution is 2.31. The Labute approximate surface area is 185 Å². The van der Waals surface area contributed by atoms with Gasteiger partial charge in [0, 0.05) is 39.8 Å². The second kappa shape index (κ2) is 9.70. The van der Waals surface area contributed by atoms with E-state index in [4.69, 9.17) is 9.47 Å². The molecule has 0 saturated carbocycles. The van der Waals surface area contributed by atoms with Crippen molar-refractivity contribution in [3.05, 3.63) is 34.6 Å². The van der Waals surface area contributed by atoms with Crippen molar-refractivity contribution in [2.45, 2.75) is 40.3 Å². The minimum Gasteiger partial charge on any atom is -0.493 e. The Morgan fingerprint density at radius 3 is 2.26 bits per heavy atom. The van der Waals surface area contributed by atoms with Crippen molar-refractivity contribution in [3.8, 4) is 11.5 Å². The number of hydrogen-bond donors (Lipinski definition) is 1. The maximum absolute atomic E-state index is 12.8. The van der Waals surface area contributed by atoms with Gasteiger partial charge in [0.25, 0.3) is 0 Å². The van der Waals surface area contributed by atoms with Gasteiger partial charge in [0.2, 0.25) is 5.91 Å². The molecule has 1 aliphatic rings. The Balaban J connectivity index is 1.57. The lowest BCUT2D eigenvalue weighted by molar-refractivity contribution is -0.121. The van der Waals surface area contributed by atoms with Gasteiger partial charge in [0.05, 0.1) is 37.3 Å². The number of carbonyl (C=O) groups excluding carboxylic acids is 1. The van der Waals surface area contributed by atoms with Crippen molar-refractivity contribution in [1.82, 2.24) is 19.6 Å². The summed E-state index contributed by atoms with van der Waals surface area (Å²) < 4.78 is 12.7. The third kappa shape index (κ3) is 5.02. The first-order valence-corrected chi connectivity index (χ1v) is 10.7. The van der Waals surface area contributed by atoms with Crippen LogP contribution >= 0.6 is 0 Å². The SMILES string of the molecule is COc1cc(C)c(CN2CCN([C@H](C)C(=O)Nc3c(C)nn(C)c3C)CC2)cc1OC. The molecule has 1 amide bonds. The molecule has 2 aromatic rings. The number of piperazine rings is 1. The molecule has 0 radical (unpaired) electrons. The average molecular weight is 430 g/mol. The van der Waals surface area contributed by atoms with Crippen LogP contribution in [-0.2, 0) is 18.4 Å². The van der Waals surface area contributed by atoms with Crippen LogP contribution in [0.3, 0.4) is 0 Å². The van der Waals surface area contributed by atoms with Gasteiger partial charge in [0.1, 0.15) is 0 Å². The van der Waals surface area contributed by atoms with Crippen LogP contribution in [0.15, 0.2) is 12.1 Å². The zero-order valence-electron chi connectivity index (χ0n) is 19.8. The Kier molecular flexibility index (Phi) is 7.23. The zero-order valence-corrected chi connectivity index (χ0v) is 19.8. The first-order chi connectivity index (χ1) is 14.7. The quantitative estimate of drug-likeness (QED) is 0.729. The van der Waals surface area contributed by atoms with Gasteiger partial charge in [-0.1, -0.05) is 0 Å². The van der Waals surface area contributed by atoms with E-state index in [0.717, 1.165) is 61.3 Å². The van der Waals surface area contributed by atoms with Crippen molar-refractivity contribution in [2.24, 2.45) is 7.05 Å². The molecule has 1 saturated heterocycles. The number of nitrogens with one attached hydrogen (secondary N) is 1. The largest absolute Gasteiger partial charge is 0.493 e. The summed E-state index contributed by atoms with van der Waals surface area (Å²) >= 11 is 0. The number of hydrogen-bond acceptors (Lipinski definition) is 6. The van der Waals surface area contributed by atoms with Crippen LogP contribution < -0.4 is 14.8 Å². The smallest absolute Gasteiger partial charge is 0.241 e. The van der Waals surface area contributed by atoms with E-state index in [2.05, 4.69) is 33.2 Å². The van der Waals surface area contributed by atoms with Crippen LogP contribution in [-0.4, -0.2) is 71.9 Å². The van der Waals surface area contributed by atoms with Gasteiger partial charge in [-0.2, -0.15) is 5.10 Å². The lowest BCUT2D eigenvalue weighted by Crippen LogP contribution is -2.52. The van der Waals surface area contributed by atoms with Crippen LogP contribution in [0.5, 0.6) is 11.5 Å². The fourth-order valence-corrected chi connectivity index (χ4v) is 4.09. The van der Waals surface area contributed by atoms with E-state index >= 15 is 0 Å². The summed E-state index contributed by atoms with van der Waals surface area (Å²) in [7, 11) is 5.21. The molecule has 31 heavy (non-hydrogen) atoms. The zero-order chi connectivity index (χ0) is 22.7. The Morgan fingerprint density at radius 2 is 1.71 bits per heavy atom. The second-order valence-electron chi connectivity index (χ2n) is 8.28. The number of rotatable bonds is 7. The lowest BCUT2D eigenvalue weighted by atomic mass is 10.1. The van der Waals surface area contributed by atoms with E-state index in [0.29, 0.717) is 0 Å². The number of benzene rings is 1.